The predicted molar refractivity (Wildman–Crippen MR) is 88.0 cm³/mol. The molecule has 0 aliphatic rings. The van der Waals surface area contributed by atoms with Gasteiger partial charge in [0, 0.05) is 18.4 Å². The maximum absolute atomic E-state index is 11.9. The fourth-order valence-electron chi connectivity index (χ4n) is 2.41. The molecule has 2 rings (SSSR count). The minimum absolute atomic E-state index is 0.0398. The Balaban J connectivity index is 1.93. The highest BCUT2D eigenvalue weighted by Gasteiger charge is 2.21. The third kappa shape index (κ3) is 4.53. The molecule has 0 radical (unpaired) electrons. The maximum atomic E-state index is 11.9. The maximum Gasteiger partial charge on any atom is 0.305 e. The van der Waals surface area contributed by atoms with Crippen LogP contribution in [0.3, 0.4) is 0 Å². The number of aliphatic hydroxyl groups excluding tert-OH is 1. The molecule has 0 aliphatic heterocycles. The molecule has 0 spiro atoms. The molecule has 2 aromatic rings. The molecule has 0 heterocycles. The molecule has 0 bridgehead atoms. The van der Waals surface area contributed by atoms with Crippen molar-refractivity contribution in [2.45, 2.75) is 31.9 Å². The molecule has 6 heteroatoms. The number of aliphatic hydroxyl groups is 1. The number of benzene rings is 2. The Morgan fingerprint density at radius 1 is 1.08 bits per heavy atom. The van der Waals surface area contributed by atoms with Crippen molar-refractivity contribution in [2.75, 3.05) is 7.11 Å². The van der Waals surface area contributed by atoms with Gasteiger partial charge in [-0.2, -0.15) is 5.06 Å². The van der Waals surface area contributed by atoms with Crippen LogP contribution in [0.1, 0.15) is 37.5 Å². The van der Waals surface area contributed by atoms with Gasteiger partial charge >= 0.3 is 5.97 Å². The van der Waals surface area contributed by atoms with Gasteiger partial charge in [-0.1, -0.05) is 36.4 Å². The first-order chi connectivity index (χ1) is 11.5. The highest BCUT2D eigenvalue weighted by Crippen LogP contribution is 2.22. The number of amides is 1. The van der Waals surface area contributed by atoms with Crippen LogP contribution in [-0.4, -0.2) is 34.4 Å². The Morgan fingerprint density at radius 2 is 1.75 bits per heavy atom. The van der Waals surface area contributed by atoms with Gasteiger partial charge in [0.25, 0.3) is 0 Å². The summed E-state index contributed by atoms with van der Waals surface area (Å²) in [6.07, 6.45) is -0.253. The van der Waals surface area contributed by atoms with Gasteiger partial charge in [0.15, 0.2) is 6.23 Å². The fraction of sp³-hybridized carbons (Fsp3) is 0.333. The van der Waals surface area contributed by atoms with Crippen LogP contribution >= 0.6 is 0 Å². The highest BCUT2D eigenvalue weighted by atomic mass is 16.5. The monoisotopic (exact) mass is 331 g/mol. The first kappa shape index (κ1) is 17.9. The van der Waals surface area contributed by atoms with Crippen LogP contribution in [0.25, 0.3) is 10.8 Å². The van der Waals surface area contributed by atoms with Gasteiger partial charge in [0.2, 0.25) is 5.91 Å². The number of rotatable bonds is 7. The third-order valence-corrected chi connectivity index (χ3v) is 3.81. The van der Waals surface area contributed by atoms with E-state index in [0.717, 1.165) is 10.8 Å². The zero-order valence-electron chi connectivity index (χ0n) is 13.5. The normalized spacial score (nSPS) is 12.0. The summed E-state index contributed by atoms with van der Waals surface area (Å²) < 4.78 is 4.51. The number of fused-ring (bicyclic) bond motifs is 1. The summed E-state index contributed by atoms with van der Waals surface area (Å²) in [6, 6.07) is 12.8. The lowest BCUT2D eigenvalue weighted by Gasteiger charge is -2.22. The molecule has 128 valence electrons. The van der Waals surface area contributed by atoms with Crippen molar-refractivity contribution < 1.29 is 24.6 Å². The third-order valence-electron chi connectivity index (χ3n) is 3.81. The number of methoxy groups -OCH3 is 1. The molecule has 2 N–H and O–H groups in total. The minimum Gasteiger partial charge on any atom is -0.469 e. The quantitative estimate of drug-likeness (QED) is 0.268. The predicted octanol–water partition coefficient (Wildman–Crippen LogP) is 2.78. The van der Waals surface area contributed by atoms with Crippen LogP contribution in [0.4, 0.5) is 0 Å². The van der Waals surface area contributed by atoms with E-state index in [1.165, 1.54) is 7.11 Å². The number of ether oxygens (including phenoxy) is 1. The van der Waals surface area contributed by atoms with E-state index in [0.29, 0.717) is 23.5 Å². The molecular formula is C18H21NO5. The van der Waals surface area contributed by atoms with Crippen molar-refractivity contribution >= 4 is 22.6 Å². The number of esters is 1. The fourth-order valence-corrected chi connectivity index (χ4v) is 2.41. The largest absolute Gasteiger partial charge is 0.469 e. The van der Waals surface area contributed by atoms with Crippen molar-refractivity contribution in [3.8, 4) is 0 Å². The number of hydrogen-bond acceptors (Lipinski definition) is 5. The molecule has 0 fully saturated rings. The summed E-state index contributed by atoms with van der Waals surface area (Å²) in [7, 11) is 1.31. The Labute approximate surface area is 140 Å². The second-order valence-electron chi connectivity index (χ2n) is 5.50. The molecule has 0 saturated carbocycles. The lowest BCUT2D eigenvalue weighted by atomic mass is 10.1. The first-order valence-electron chi connectivity index (χ1n) is 7.77. The molecule has 2 aromatic carbocycles. The van der Waals surface area contributed by atoms with Gasteiger partial charge in [0.05, 0.1) is 7.11 Å². The molecular weight excluding hydrogens is 310 g/mol. The summed E-state index contributed by atoms with van der Waals surface area (Å²) in [5.41, 5.74) is 0.430. The van der Waals surface area contributed by atoms with E-state index < -0.39 is 12.1 Å². The average molecular weight is 331 g/mol. The standard InChI is InChI=1S/C18H21NO5/c1-24-17(21)9-5-4-8-16(20)19(23)18(22)15-11-10-13-6-2-3-7-14(13)12-15/h2-3,6-7,10-12,18,22-23H,4-5,8-9H2,1H3. The van der Waals surface area contributed by atoms with Crippen LogP contribution in [-0.2, 0) is 14.3 Å². The summed E-state index contributed by atoms with van der Waals surface area (Å²) >= 11 is 0. The van der Waals surface area contributed by atoms with Gasteiger partial charge in [-0.15, -0.1) is 0 Å². The Hall–Kier alpha value is -2.44. The van der Waals surface area contributed by atoms with Crippen molar-refractivity contribution in [1.82, 2.24) is 5.06 Å². The van der Waals surface area contributed by atoms with Gasteiger partial charge in [0.1, 0.15) is 0 Å². The van der Waals surface area contributed by atoms with Crippen molar-refractivity contribution in [3.63, 3.8) is 0 Å². The van der Waals surface area contributed by atoms with Crippen LogP contribution in [0.15, 0.2) is 42.5 Å². The summed E-state index contributed by atoms with van der Waals surface area (Å²) in [6.45, 7) is 0. The van der Waals surface area contributed by atoms with Crippen molar-refractivity contribution in [2.24, 2.45) is 0 Å². The van der Waals surface area contributed by atoms with Crippen molar-refractivity contribution in [3.05, 3.63) is 48.0 Å². The number of carbonyl (C=O) groups excluding carboxylic acids is 2. The van der Waals surface area contributed by atoms with Gasteiger partial charge in [-0.3, -0.25) is 14.8 Å². The van der Waals surface area contributed by atoms with Crippen molar-refractivity contribution in [1.29, 1.82) is 0 Å². The number of unbranched alkanes of at least 4 members (excludes halogenated alkanes) is 1. The Morgan fingerprint density at radius 3 is 2.46 bits per heavy atom. The second kappa shape index (κ2) is 8.42. The van der Waals surface area contributed by atoms with E-state index in [-0.39, 0.29) is 18.8 Å². The Bertz CT molecular complexity index is 715. The number of carbonyl (C=O) groups is 2. The van der Waals surface area contributed by atoms with Gasteiger partial charge in [-0.25, -0.2) is 0 Å². The number of hydrogen-bond donors (Lipinski definition) is 2. The van der Waals surface area contributed by atoms with Gasteiger partial charge < -0.3 is 9.84 Å². The summed E-state index contributed by atoms with van der Waals surface area (Å²) in [5, 5.41) is 22.3. The number of hydroxylamine groups is 2. The number of nitrogens with zero attached hydrogens (tertiary/aromatic N) is 1. The van der Waals surface area contributed by atoms with E-state index in [2.05, 4.69) is 4.74 Å². The van der Waals surface area contributed by atoms with Crippen LogP contribution in [0, 0.1) is 0 Å². The zero-order chi connectivity index (χ0) is 17.5. The van der Waals surface area contributed by atoms with Gasteiger partial charge in [-0.05, 0) is 29.7 Å². The van der Waals surface area contributed by atoms with E-state index in [1.807, 2.05) is 30.3 Å². The average Bonchev–Trinajstić information content (AvgIpc) is 2.63. The summed E-state index contributed by atoms with van der Waals surface area (Å²) in [4.78, 5) is 22.9. The van der Waals surface area contributed by atoms with E-state index in [4.69, 9.17) is 0 Å². The smallest absolute Gasteiger partial charge is 0.305 e. The first-order valence-corrected chi connectivity index (χ1v) is 7.77. The van der Waals surface area contributed by atoms with E-state index >= 15 is 0 Å². The Kier molecular flexibility index (Phi) is 6.28. The van der Waals surface area contributed by atoms with Crippen LogP contribution in [0.2, 0.25) is 0 Å². The molecule has 0 saturated heterocycles. The van der Waals surface area contributed by atoms with E-state index in [1.54, 1.807) is 12.1 Å². The topological polar surface area (TPSA) is 87.1 Å². The minimum atomic E-state index is -1.43. The SMILES string of the molecule is COC(=O)CCCCC(=O)N(O)C(O)c1ccc2ccccc2c1. The second-order valence-corrected chi connectivity index (χ2v) is 5.50. The van der Waals surface area contributed by atoms with Crippen LogP contribution < -0.4 is 0 Å². The lowest BCUT2D eigenvalue weighted by molar-refractivity contribution is -0.208. The highest BCUT2D eigenvalue weighted by molar-refractivity contribution is 5.83. The lowest BCUT2D eigenvalue weighted by Crippen LogP contribution is -2.31. The molecule has 1 atom stereocenters. The molecule has 6 nitrogen and oxygen atoms in total. The molecule has 0 aromatic heterocycles. The zero-order valence-corrected chi connectivity index (χ0v) is 13.5. The molecule has 1 unspecified atom stereocenters. The molecule has 1 amide bonds. The van der Waals surface area contributed by atoms with E-state index in [9.17, 15) is 19.9 Å². The summed E-state index contributed by atoms with van der Waals surface area (Å²) in [5.74, 6) is -0.931. The van der Waals surface area contributed by atoms with Crippen LogP contribution in [0.5, 0.6) is 0 Å². The molecule has 24 heavy (non-hydrogen) atoms. The molecule has 0 aliphatic carbocycles.